The Balaban J connectivity index is 2.23. The van der Waals surface area contributed by atoms with Crippen molar-refractivity contribution < 1.29 is 24.5 Å². The maximum atomic E-state index is 12.0. The van der Waals surface area contributed by atoms with Crippen molar-refractivity contribution in [2.24, 2.45) is 0 Å². The number of aromatic hydroxyl groups is 2. The van der Waals surface area contributed by atoms with Gasteiger partial charge in [-0.25, -0.2) is 4.79 Å². The summed E-state index contributed by atoms with van der Waals surface area (Å²) in [5.41, 5.74) is 0.0565. The smallest absolute Gasteiger partial charge is 0.343 e. The third kappa shape index (κ3) is 3.47. The Labute approximate surface area is 135 Å². The average molecular weight is 344 g/mol. The fraction of sp³-hybridized carbons (Fsp3) is 0.0714. The highest BCUT2D eigenvalue weighted by molar-refractivity contribution is 6.37. The van der Waals surface area contributed by atoms with Gasteiger partial charge in [-0.3, -0.25) is 4.98 Å². The number of H-pyrrole nitrogens is 1. The van der Waals surface area contributed by atoms with Gasteiger partial charge < -0.3 is 19.7 Å². The topological polar surface area (TPSA) is 91.8 Å². The van der Waals surface area contributed by atoms with Crippen molar-refractivity contribution in [2.45, 2.75) is 0 Å². The van der Waals surface area contributed by atoms with Crippen LogP contribution in [0.4, 0.5) is 0 Å². The van der Waals surface area contributed by atoms with Crippen molar-refractivity contribution in [1.82, 2.24) is 4.98 Å². The van der Waals surface area contributed by atoms with Crippen molar-refractivity contribution in [2.75, 3.05) is 6.61 Å². The molecule has 1 aromatic carbocycles. The van der Waals surface area contributed by atoms with E-state index >= 15 is 0 Å². The van der Waals surface area contributed by atoms with Gasteiger partial charge in [-0.1, -0.05) is 35.9 Å². The lowest BCUT2D eigenvalue weighted by molar-refractivity contribution is 0.0729. The number of esters is 1. The maximum Gasteiger partial charge on any atom is 0.343 e. The summed E-state index contributed by atoms with van der Waals surface area (Å²) >= 11 is 12.0. The molecule has 0 spiro atoms. The zero-order chi connectivity index (χ0) is 16.3. The number of hydrogen-bond acceptors (Lipinski definition) is 5. The number of hydrogen-bond donors (Lipinski definition) is 3. The Morgan fingerprint density at radius 1 is 1.27 bits per heavy atom. The van der Waals surface area contributed by atoms with Crippen molar-refractivity contribution in [3.8, 4) is 23.3 Å². The number of carbonyl (C=O) groups is 1. The Bertz CT molecular complexity index is 703. The molecular weight excluding hydrogens is 333 g/mol. The third-order valence-electron chi connectivity index (χ3n) is 2.53. The van der Waals surface area contributed by atoms with Crippen LogP contribution in [0.3, 0.4) is 0 Å². The Morgan fingerprint density at radius 2 is 1.91 bits per heavy atom. The highest BCUT2D eigenvalue weighted by Crippen LogP contribution is 2.35. The summed E-state index contributed by atoms with van der Waals surface area (Å²) in [7, 11) is 0. The summed E-state index contributed by atoms with van der Waals surface area (Å²) in [5, 5.41) is 18.8. The van der Waals surface area contributed by atoms with E-state index in [1.165, 1.54) is 18.2 Å². The minimum Gasteiger partial charge on any atom is -0.494 e. The van der Waals surface area contributed by atoms with E-state index in [4.69, 9.17) is 37.8 Å². The van der Waals surface area contributed by atoms with E-state index in [0.29, 0.717) is 0 Å². The van der Waals surface area contributed by atoms with Crippen LogP contribution in [0.5, 0.6) is 23.3 Å². The van der Waals surface area contributed by atoms with Crippen LogP contribution < -0.4 is 9.47 Å². The summed E-state index contributed by atoms with van der Waals surface area (Å²) in [6.07, 6.45) is 1.52. The van der Waals surface area contributed by atoms with Crippen molar-refractivity contribution >= 4 is 29.2 Å². The largest absolute Gasteiger partial charge is 0.494 e. The maximum absolute atomic E-state index is 12.0. The minimum atomic E-state index is -0.812. The molecule has 0 fully saturated rings. The molecule has 0 amide bonds. The van der Waals surface area contributed by atoms with Gasteiger partial charge in [-0.05, 0) is 12.1 Å². The molecule has 3 N–H and O–H groups in total. The number of ether oxygens (including phenoxy) is 2. The quantitative estimate of drug-likeness (QED) is 0.570. The van der Waals surface area contributed by atoms with Gasteiger partial charge in [0, 0.05) is 6.07 Å². The molecule has 0 atom stereocenters. The summed E-state index contributed by atoms with van der Waals surface area (Å²) in [4.78, 5) is 14.2. The monoisotopic (exact) mass is 343 g/mol. The number of aromatic amines is 1. The van der Waals surface area contributed by atoms with Gasteiger partial charge in [-0.2, -0.15) is 0 Å². The molecule has 1 aromatic heterocycles. The minimum absolute atomic E-state index is 0.0565. The van der Waals surface area contributed by atoms with Crippen LogP contribution in [0.1, 0.15) is 10.4 Å². The van der Waals surface area contributed by atoms with E-state index in [-0.39, 0.29) is 39.6 Å². The predicted molar refractivity (Wildman–Crippen MR) is 81.2 cm³/mol. The lowest BCUT2D eigenvalue weighted by atomic mass is 10.2. The summed E-state index contributed by atoms with van der Waals surface area (Å²) in [6, 6.07) is 3.69. The fourth-order valence-electron chi connectivity index (χ4n) is 1.61. The molecule has 2 rings (SSSR count). The molecule has 0 bridgehead atoms. The molecule has 0 saturated carbocycles. The summed E-state index contributed by atoms with van der Waals surface area (Å²) in [5.74, 6) is -1.63. The lowest BCUT2D eigenvalue weighted by Gasteiger charge is -2.10. The summed E-state index contributed by atoms with van der Waals surface area (Å²) < 4.78 is 10.2. The second kappa shape index (κ2) is 6.64. The summed E-state index contributed by atoms with van der Waals surface area (Å²) in [6.45, 7) is 3.71. The van der Waals surface area contributed by atoms with E-state index in [2.05, 4.69) is 11.6 Å². The Kier molecular flexibility index (Phi) is 4.85. The number of nitrogens with one attached hydrogen (secondary N) is 1. The SMILES string of the molecule is C=CCOc1c(Cl)cc(C(=O)Oc2cc(O)[nH]c2O)cc1Cl. The molecule has 2 aromatic rings. The van der Waals surface area contributed by atoms with Crippen LogP contribution in [0.25, 0.3) is 0 Å². The predicted octanol–water partition coefficient (Wildman–Crippen LogP) is 3.52. The van der Waals surface area contributed by atoms with E-state index in [1.54, 1.807) is 0 Å². The second-order valence-electron chi connectivity index (χ2n) is 4.13. The first kappa shape index (κ1) is 16.1. The molecule has 1 heterocycles. The first-order chi connectivity index (χ1) is 10.4. The number of halogens is 2. The van der Waals surface area contributed by atoms with Crippen LogP contribution in [-0.2, 0) is 0 Å². The van der Waals surface area contributed by atoms with Gasteiger partial charge in [0.15, 0.2) is 17.4 Å². The standard InChI is InChI=1S/C14H11Cl2NO5/c1-2-3-21-12-8(15)4-7(5-9(12)16)14(20)22-10-6-11(18)17-13(10)19/h2,4-6,17-19H,1,3H2. The zero-order valence-electron chi connectivity index (χ0n) is 11.1. The number of rotatable bonds is 5. The molecule has 8 heteroatoms. The van der Waals surface area contributed by atoms with Gasteiger partial charge in [0.05, 0.1) is 15.6 Å². The normalized spacial score (nSPS) is 10.3. The van der Waals surface area contributed by atoms with Crippen LogP contribution in [-0.4, -0.2) is 27.8 Å². The van der Waals surface area contributed by atoms with E-state index in [1.807, 2.05) is 0 Å². The van der Waals surface area contributed by atoms with Gasteiger partial charge in [0.2, 0.25) is 5.88 Å². The third-order valence-corrected chi connectivity index (χ3v) is 3.09. The molecular formula is C14H11Cl2NO5. The van der Waals surface area contributed by atoms with Crippen LogP contribution in [0.2, 0.25) is 10.0 Å². The molecule has 0 saturated heterocycles. The zero-order valence-corrected chi connectivity index (χ0v) is 12.6. The van der Waals surface area contributed by atoms with E-state index < -0.39 is 11.8 Å². The molecule has 6 nitrogen and oxygen atoms in total. The highest BCUT2D eigenvalue weighted by Gasteiger charge is 2.18. The highest BCUT2D eigenvalue weighted by atomic mass is 35.5. The molecule has 0 radical (unpaired) electrons. The van der Waals surface area contributed by atoms with Gasteiger partial charge in [-0.15, -0.1) is 0 Å². The molecule has 22 heavy (non-hydrogen) atoms. The number of aromatic nitrogens is 1. The van der Waals surface area contributed by atoms with Crippen LogP contribution >= 0.6 is 23.2 Å². The first-order valence-electron chi connectivity index (χ1n) is 5.98. The van der Waals surface area contributed by atoms with Gasteiger partial charge >= 0.3 is 5.97 Å². The fourth-order valence-corrected chi connectivity index (χ4v) is 2.20. The van der Waals surface area contributed by atoms with E-state index in [9.17, 15) is 9.90 Å². The lowest BCUT2D eigenvalue weighted by Crippen LogP contribution is -2.08. The number of carbonyl (C=O) groups excluding carboxylic acids is 1. The van der Waals surface area contributed by atoms with Crippen molar-refractivity contribution in [3.05, 3.63) is 46.5 Å². The van der Waals surface area contributed by atoms with Crippen molar-refractivity contribution in [1.29, 1.82) is 0 Å². The number of benzene rings is 1. The molecule has 0 aliphatic heterocycles. The Morgan fingerprint density at radius 3 is 2.41 bits per heavy atom. The average Bonchev–Trinajstić information content (AvgIpc) is 2.75. The van der Waals surface area contributed by atoms with Crippen LogP contribution in [0.15, 0.2) is 30.9 Å². The Hall–Kier alpha value is -2.31. The van der Waals surface area contributed by atoms with Crippen LogP contribution in [0, 0.1) is 0 Å². The van der Waals surface area contributed by atoms with Gasteiger partial charge in [0.1, 0.15) is 6.61 Å². The van der Waals surface area contributed by atoms with Crippen molar-refractivity contribution in [3.63, 3.8) is 0 Å². The molecule has 0 unspecified atom stereocenters. The first-order valence-corrected chi connectivity index (χ1v) is 6.73. The van der Waals surface area contributed by atoms with E-state index in [0.717, 1.165) is 6.07 Å². The molecule has 0 aliphatic rings. The molecule has 0 aliphatic carbocycles. The second-order valence-corrected chi connectivity index (χ2v) is 4.94. The van der Waals surface area contributed by atoms with Gasteiger partial charge in [0.25, 0.3) is 0 Å². The molecule has 116 valence electrons.